The van der Waals surface area contributed by atoms with Crippen molar-refractivity contribution in [2.24, 2.45) is 11.8 Å². The molecule has 3 unspecified atom stereocenters. The number of aromatic nitrogens is 3. The molecule has 0 saturated heterocycles. The van der Waals surface area contributed by atoms with Gasteiger partial charge in [-0.15, -0.1) is 0 Å². The van der Waals surface area contributed by atoms with Crippen molar-refractivity contribution in [3.05, 3.63) is 215 Å². The largest absolute Gasteiger partial charge is 0.456 e. The molecule has 55 heavy (non-hydrogen) atoms. The van der Waals surface area contributed by atoms with Gasteiger partial charge in [0.1, 0.15) is 17.0 Å². The maximum absolute atomic E-state index is 6.16. The highest BCUT2D eigenvalue weighted by Gasteiger charge is 2.36. The molecule has 3 atom stereocenters. The van der Waals surface area contributed by atoms with Crippen LogP contribution in [0, 0.1) is 11.8 Å². The second kappa shape index (κ2) is 12.9. The van der Waals surface area contributed by atoms with Gasteiger partial charge >= 0.3 is 0 Å². The Hall–Kier alpha value is -6.91. The van der Waals surface area contributed by atoms with E-state index in [0.29, 0.717) is 11.6 Å². The summed E-state index contributed by atoms with van der Waals surface area (Å²) in [6.07, 6.45) is 21.9. The van der Waals surface area contributed by atoms with E-state index in [1.54, 1.807) is 0 Å². The molecule has 0 amide bonds. The van der Waals surface area contributed by atoms with Crippen molar-refractivity contribution < 1.29 is 4.42 Å². The van der Waals surface area contributed by atoms with E-state index in [1.165, 1.54) is 43.9 Å². The van der Waals surface area contributed by atoms with Gasteiger partial charge in [0, 0.05) is 39.7 Å². The van der Waals surface area contributed by atoms with E-state index >= 15 is 0 Å². The minimum atomic E-state index is 0.00447. The van der Waals surface area contributed by atoms with E-state index in [4.69, 9.17) is 19.4 Å². The number of furan rings is 1. The Labute approximate surface area is 319 Å². The molecule has 11 rings (SSSR count). The number of benzene rings is 5. The van der Waals surface area contributed by atoms with E-state index < -0.39 is 0 Å². The standard InChI is InChI=1S/C51H35N3O/c1-3-13-32(14-4-1)49-52-50(33-15-5-2-6-16-33)54-51(53-49)37-18-11-17-36(29-37)38-22-12-23-42-39-19-7-8-20-40(39)44-30-34(25-27-43(44)48(38)42)35-26-28-47-45(31-35)41-21-9-10-24-46(41)55-47/h1-17,19-31,37,43,48H,18H2. The third kappa shape index (κ3) is 5.41. The zero-order chi connectivity index (χ0) is 36.3. The molecule has 0 bridgehead atoms. The van der Waals surface area contributed by atoms with E-state index in [0.717, 1.165) is 45.3 Å². The summed E-state index contributed by atoms with van der Waals surface area (Å²) >= 11 is 0. The van der Waals surface area contributed by atoms with Crippen molar-refractivity contribution in [3.8, 4) is 22.8 Å². The minimum absolute atomic E-state index is 0.00447. The fourth-order valence-electron chi connectivity index (χ4n) is 8.84. The van der Waals surface area contributed by atoms with Gasteiger partial charge in [0.2, 0.25) is 0 Å². The number of fused-ring (bicyclic) bond motifs is 7. The van der Waals surface area contributed by atoms with Crippen molar-refractivity contribution in [3.63, 3.8) is 0 Å². The zero-order valence-corrected chi connectivity index (χ0v) is 30.0. The van der Waals surface area contributed by atoms with Crippen molar-refractivity contribution in [1.29, 1.82) is 0 Å². The first-order valence-corrected chi connectivity index (χ1v) is 19.0. The van der Waals surface area contributed by atoms with E-state index in [9.17, 15) is 0 Å². The van der Waals surface area contributed by atoms with Gasteiger partial charge in [0.05, 0.1) is 0 Å². The number of allylic oxidation sites excluding steroid dienone is 12. The van der Waals surface area contributed by atoms with Gasteiger partial charge in [-0.3, -0.25) is 0 Å². The summed E-state index contributed by atoms with van der Waals surface area (Å²) in [5.41, 5.74) is 11.5. The average molecular weight is 706 g/mol. The Morgan fingerprint density at radius 3 is 2.04 bits per heavy atom. The molecule has 0 fully saturated rings. The molecule has 4 heteroatoms. The SMILES string of the molecule is C1=CC2=c3ccccc3=C3C=C(c4ccc5oc6ccccc6c5c4)C=CC3C2C(C2=CC(c3nc(-c4ccccc4)nc(-c4ccccc4)n3)CC=C2)=C1. The van der Waals surface area contributed by atoms with Crippen LogP contribution < -0.4 is 10.4 Å². The third-order valence-electron chi connectivity index (χ3n) is 11.4. The minimum Gasteiger partial charge on any atom is -0.456 e. The Morgan fingerprint density at radius 1 is 0.564 bits per heavy atom. The van der Waals surface area contributed by atoms with Crippen molar-refractivity contribution >= 4 is 38.7 Å². The average Bonchev–Trinajstić information content (AvgIpc) is 3.65. The van der Waals surface area contributed by atoms with Gasteiger partial charge in [0.25, 0.3) is 0 Å². The Morgan fingerprint density at radius 2 is 1.25 bits per heavy atom. The molecule has 2 heterocycles. The quantitative estimate of drug-likeness (QED) is 0.179. The molecule has 0 radical (unpaired) electrons. The summed E-state index contributed by atoms with van der Waals surface area (Å²) in [6, 6.07) is 44.2. The number of hydrogen-bond donors (Lipinski definition) is 0. The topological polar surface area (TPSA) is 51.8 Å². The van der Waals surface area contributed by atoms with Crippen LogP contribution in [0.2, 0.25) is 0 Å². The second-order valence-electron chi connectivity index (χ2n) is 14.6. The molecule has 0 spiro atoms. The predicted molar refractivity (Wildman–Crippen MR) is 223 cm³/mol. The van der Waals surface area contributed by atoms with Gasteiger partial charge in [-0.05, 0) is 74.6 Å². The Balaban J connectivity index is 0.999. The van der Waals surface area contributed by atoms with Gasteiger partial charge < -0.3 is 4.42 Å². The summed E-state index contributed by atoms with van der Waals surface area (Å²) < 4.78 is 6.16. The fraction of sp³-hybridized carbons (Fsp3) is 0.0784. The summed E-state index contributed by atoms with van der Waals surface area (Å²) in [5, 5.41) is 4.90. The lowest BCUT2D eigenvalue weighted by Gasteiger charge is -2.37. The van der Waals surface area contributed by atoms with Crippen LogP contribution in [0.4, 0.5) is 0 Å². The van der Waals surface area contributed by atoms with Gasteiger partial charge in [-0.1, -0.05) is 158 Å². The monoisotopic (exact) mass is 705 g/mol. The van der Waals surface area contributed by atoms with E-state index in [1.807, 2.05) is 48.5 Å². The van der Waals surface area contributed by atoms with Crippen LogP contribution in [0.1, 0.15) is 23.7 Å². The lowest BCUT2D eigenvalue weighted by Crippen LogP contribution is -2.40. The lowest BCUT2D eigenvalue weighted by atomic mass is 9.66. The first kappa shape index (κ1) is 31.6. The highest BCUT2D eigenvalue weighted by Crippen LogP contribution is 2.46. The summed E-state index contributed by atoms with van der Waals surface area (Å²) in [7, 11) is 0. The molecule has 260 valence electrons. The smallest absolute Gasteiger partial charge is 0.163 e. The molecule has 4 aliphatic carbocycles. The van der Waals surface area contributed by atoms with Gasteiger partial charge in [0.15, 0.2) is 11.6 Å². The summed E-state index contributed by atoms with van der Waals surface area (Å²) in [5.74, 6) is 2.54. The number of rotatable bonds is 5. The van der Waals surface area contributed by atoms with Crippen LogP contribution in [0.3, 0.4) is 0 Å². The van der Waals surface area contributed by atoms with Crippen LogP contribution in [0.15, 0.2) is 198 Å². The number of hydrogen-bond acceptors (Lipinski definition) is 4. The molecule has 0 saturated carbocycles. The highest BCUT2D eigenvalue weighted by molar-refractivity contribution is 6.06. The highest BCUT2D eigenvalue weighted by atomic mass is 16.3. The maximum atomic E-state index is 6.16. The van der Waals surface area contributed by atoms with E-state index in [2.05, 4.69) is 134 Å². The maximum Gasteiger partial charge on any atom is 0.163 e. The molecule has 7 aromatic rings. The molecule has 2 aromatic heterocycles. The molecule has 4 aliphatic rings. The molecular formula is C51H35N3O. The van der Waals surface area contributed by atoms with Crippen molar-refractivity contribution in [2.75, 3.05) is 0 Å². The molecule has 5 aromatic carbocycles. The molecular weight excluding hydrogens is 671 g/mol. The predicted octanol–water partition coefficient (Wildman–Crippen LogP) is 10.5. The van der Waals surface area contributed by atoms with Crippen LogP contribution in [-0.2, 0) is 0 Å². The zero-order valence-electron chi connectivity index (χ0n) is 30.0. The van der Waals surface area contributed by atoms with Gasteiger partial charge in [-0.2, -0.15) is 0 Å². The first-order chi connectivity index (χ1) is 27.2. The second-order valence-corrected chi connectivity index (χ2v) is 14.6. The lowest BCUT2D eigenvalue weighted by molar-refractivity contribution is 0.661. The van der Waals surface area contributed by atoms with Gasteiger partial charge in [-0.25, -0.2) is 15.0 Å². The summed E-state index contributed by atoms with van der Waals surface area (Å²) in [4.78, 5) is 15.2. The van der Waals surface area contributed by atoms with E-state index in [-0.39, 0.29) is 17.8 Å². The van der Waals surface area contributed by atoms with Crippen LogP contribution in [0.5, 0.6) is 0 Å². The van der Waals surface area contributed by atoms with Crippen LogP contribution >= 0.6 is 0 Å². The van der Waals surface area contributed by atoms with Crippen LogP contribution in [-0.4, -0.2) is 15.0 Å². The van der Waals surface area contributed by atoms with Crippen molar-refractivity contribution in [2.45, 2.75) is 12.3 Å². The molecule has 0 aliphatic heterocycles. The molecule has 4 nitrogen and oxygen atoms in total. The Bertz CT molecular complexity index is 2960. The van der Waals surface area contributed by atoms with Crippen LogP contribution in [0.25, 0.3) is 61.4 Å². The van der Waals surface area contributed by atoms with Crippen molar-refractivity contribution in [1.82, 2.24) is 15.0 Å². The number of nitrogens with zero attached hydrogens (tertiary/aromatic N) is 3. The Kier molecular flexibility index (Phi) is 7.41. The molecule has 0 N–H and O–H groups in total. The first-order valence-electron chi connectivity index (χ1n) is 19.0. The summed E-state index contributed by atoms with van der Waals surface area (Å²) in [6.45, 7) is 0. The third-order valence-corrected chi connectivity index (χ3v) is 11.4. The fourth-order valence-corrected chi connectivity index (χ4v) is 8.84. The normalized spacial score (nSPS) is 19.8. The number of para-hydroxylation sites is 1.